The Bertz CT molecular complexity index is 393. The molecule has 1 rings (SSSR count). The number of hydrogen-bond donors (Lipinski definition) is 0. The van der Waals surface area contributed by atoms with E-state index in [0.29, 0.717) is 26.3 Å². The Balaban J connectivity index is 2.58. The van der Waals surface area contributed by atoms with E-state index in [2.05, 4.69) is 0 Å². The molecule has 0 N–H and O–H groups in total. The number of morpholine rings is 1. The molecule has 15 heavy (non-hydrogen) atoms. The lowest BCUT2D eigenvalue weighted by Gasteiger charge is -2.25. The maximum absolute atomic E-state index is 11.6. The first-order valence-electron chi connectivity index (χ1n) is 4.54. The molecule has 0 saturated carbocycles. The quantitative estimate of drug-likeness (QED) is 0.625. The van der Waals surface area contributed by atoms with Crippen LogP contribution in [0.15, 0.2) is 0 Å². The van der Waals surface area contributed by atoms with Gasteiger partial charge in [0.05, 0.1) is 24.7 Å². The summed E-state index contributed by atoms with van der Waals surface area (Å²) in [5.41, 5.74) is 0. The first kappa shape index (κ1) is 12.9. The lowest BCUT2D eigenvalue weighted by Crippen LogP contribution is -2.42. The van der Waals surface area contributed by atoms with Gasteiger partial charge in [0, 0.05) is 19.3 Å². The molecular formula is C7H15NO5S2. The van der Waals surface area contributed by atoms with Crippen molar-refractivity contribution < 1.29 is 21.6 Å². The van der Waals surface area contributed by atoms with Crippen LogP contribution in [0.4, 0.5) is 0 Å². The zero-order valence-electron chi connectivity index (χ0n) is 8.55. The van der Waals surface area contributed by atoms with Gasteiger partial charge in [-0.3, -0.25) is 0 Å². The Hall–Kier alpha value is -0.180. The monoisotopic (exact) mass is 257 g/mol. The second-order valence-corrected chi connectivity index (χ2v) is 7.81. The lowest BCUT2D eigenvalue weighted by molar-refractivity contribution is 0.0731. The highest BCUT2D eigenvalue weighted by molar-refractivity contribution is 7.93. The van der Waals surface area contributed by atoms with Crippen molar-refractivity contribution in [2.75, 3.05) is 44.1 Å². The van der Waals surface area contributed by atoms with Crippen LogP contribution in [0.5, 0.6) is 0 Å². The first-order valence-corrected chi connectivity index (χ1v) is 8.21. The van der Waals surface area contributed by atoms with Crippen LogP contribution < -0.4 is 0 Å². The molecule has 0 bridgehead atoms. The predicted molar refractivity (Wildman–Crippen MR) is 55.9 cm³/mol. The van der Waals surface area contributed by atoms with Crippen LogP contribution in [0, 0.1) is 0 Å². The predicted octanol–water partition coefficient (Wildman–Crippen LogP) is -1.31. The van der Waals surface area contributed by atoms with Crippen LogP contribution in [0.2, 0.25) is 0 Å². The topological polar surface area (TPSA) is 80.8 Å². The molecule has 6 nitrogen and oxygen atoms in total. The molecule has 1 saturated heterocycles. The highest BCUT2D eigenvalue weighted by atomic mass is 32.2. The molecule has 1 aliphatic heterocycles. The standard InChI is InChI=1S/C7H15NO5S2/c1-14(9,10)6-7-15(11,12)8-2-4-13-5-3-8/h2-7H2,1H3. The average molecular weight is 257 g/mol. The molecule has 0 atom stereocenters. The maximum Gasteiger partial charge on any atom is 0.215 e. The SMILES string of the molecule is CS(=O)(=O)CCS(=O)(=O)N1CCOCC1. The van der Waals surface area contributed by atoms with Gasteiger partial charge in [-0.15, -0.1) is 0 Å². The molecule has 1 heterocycles. The van der Waals surface area contributed by atoms with Crippen molar-refractivity contribution >= 4 is 19.9 Å². The van der Waals surface area contributed by atoms with E-state index in [1.54, 1.807) is 0 Å². The van der Waals surface area contributed by atoms with E-state index in [1.165, 1.54) is 4.31 Å². The van der Waals surface area contributed by atoms with Gasteiger partial charge in [0.25, 0.3) is 0 Å². The van der Waals surface area contributed by atoms with Gasteiger partial charge in [-0.05, 0) is 0 Å². The number of sulfonamides is 1. The minimum absolute atomic E-state index is 0.312. The smallest absolute Gasteiger partial charge is 0.215 e. The maximum atomic E-state index is 11.6. The molecule has 0 aromatic rings. The van der Waals surface area contributed by atoms with Gasteiger partial charge >= 0.3 is 0 Å². The minimum Gasteiger partial charge on any atom is -0.379 e. The van der Waals surface area contributed by atoms with Crippen molar-refractivity contribution in [2.24, 2.45) is 0 Å². The Morgan fingerprint density at radius 2 is 1.60 bits per heavy atom. The van der Waals surface area contributed by atoms with E-state index in [-0.39, 0.29) is 11.5 Å². The molecule has 0 unspecified atom stereocenters. The summed E-state index contributed by atoms with van der Waals surface area (Å²) in [6, 6.07) is 0. The Labute approximate surface area is 90.2 Å². The summed E-state index contributed by atoms with van der Waals surface area (Å²) in [6.45, 7) is 1.37. The van der Waals surface area contributed by atoms with Crippen molar-refractivity contribution in [1.29, 1.82) is 0 Å². The van der Waals surface area contributed by atoms with Crippen LogP contribution >= 0.6 is 0 Å². The third kappa shape index (κ3) is 4.45. The highest BCUT2D eigenvalue weighted by Gasteiger charge is 2.25. The van der Waals surface area contributed by atoms with Gasteiger partial charge in [0.2, 0.25) is 10.0 Å². The summed E-state index contributed by atoms with van der Waals surface area (Å²) < 4.78 is 51.3. The highest BCUT2D eigenvalue weighted by Crippen LogP contribution is 2.06. The van der Waals surface area contributed by atoms with Crippen LogP contribution in [0.3, 0.4) is 0 Å². The summed E-state index contributed by atoms with van der Waals surface area (Å²) in [6.07, 6.45) is 1.03. The van der Waals surface area contributed by atoms with E-state index in [4.69, 9.17) is 4.74 Å². The summed E-state index contributed by atoms with van der Waals surface area (Å²) in [4.78, 5) is 0. The van der Waals surface area contributed by atoms with Gasteiger partial charge in [0.15, 0.2) is 0 Å². The Morgan fingerprint density at radius 1 is 1.07 bits per heavy atom. The summed E-state index contributed by atoms with van der Waals surface area (Å²) >= 11 is 0. The number of ether oxygens (including phenoxy) is 1. The summed E-state index contributed by atoms with van der Waals surface area (Å²) in [5.74, 6) is -0.668. The summed E-state index contributed by atoms with van der Waals surface area (Å²) in [7, 11) is -6.68. The van der Waals surface area contributed by atoms with E-state index in [9.17, 15) is 16.8 Å². The molecule has 0 amide bonds. The fourth-order valence-electron chi connectivity index (χ4n) is 1.21. The van der Waals surface area contributed by atoms with E-state index >= 15 is 0 Å². The molecule has 0 spiro atoms. The third-order valence-electron chi connectivity index (χ3n) is 2.08. The van der Waals surface area contributed by atoms with E-state index < -0.39 is 19.9 Å². The fourth-order valence-corrected chi connectivity index (χ4v) is 4.23. The van der Waals surface area contributed by atoms with Crippen molar-refractivity contribution in [3.8, 4) is 0 Å². The molecule has 8 heteroatoms. The molecule has 1 aliphatic rings. The molecule has 1 fully saturated rings. The third-order valence-corrected chi connectivity index (χ3v) is 5.15. The van der Waals surface area contributed by atoms with Crippen LogP contribution in [0.1, 0.15) is 0 Å². The van der Waals surface area contributed by atoms with Crippen LogP contribution in [0.25, 0.3) is 0 Å². The van der Waals surface area contributed by atoms with Crippen LogP contribution in [-0.2, 0) is 24.6 Å². The van der Waals surface area contributed by atoms with Gasteiger partial charge in [-0.25, -0.2) is 16.8 Å². The van der Waals surface area contributed by atoms with Gasteiger partial charge in [-0.1, -0.05) is 0 Å². The second-order valence-electron chi connectivity index (χ2n) is 3.46. The summed E-state index contributed by atoms with van der Waals surface area (Å²) in [5, 5.41) is 0. The first-order chi connectivity index (χ1) is 6.81. The largest absolute Gasteiger partial charge is 0.379 e. The Kier molecular flexibility index (Phi) is 4.10. The van der Waals surface area contributed by atoms with Gasteiger partial charge < -0.3 is 4.74 Å². The average Bonchev–Trinajstić information content (AvgIpc) is 2.16. The van der Waals surface area contributed by atoms with E-state index in [0.717, 1.165) is 6.26 Å². The van der Waals surface area contributed by atoms with Crippen molar-refractivity contribution in [3.63, 3.8) is 0 Å². The normalized spacial score (nSPS) is 20.3. The molecule has 0 radical (unpaired) electrons. The zero-order chi connectivity index (χ0) is 11.5. The second kappa shape index (κ2) is 4.77. The fraction of sp³-hybridized carbons (Fsp3) is 1.00. The Morgan fingerprint density at radius 3 is 2.07 bits per heavy atom. The van der Waals surface area contributed by atoms with Gasteiger partial charge in [-0.2, -0.15) is 4.31 Å². The number of rotatable bonds is 4. The van der Waals surface area contributed by atoms with Crippen molar-refractivity contribution in [1.82, 2.24) is 4.31 Å². The zero-order valence-corrected chi connectivity index (χ0v) is 10.2. The van der Waals surface area contributed by atoms with Crippen molar-refractivity contribution in [2.45, 2.75) is 0 Å². The lowest BCUT2D eigenvalue weighted by atomic mass is 10.5. The van der Waals surface area contributed by atoms with E-state index in [1.807, 2.05) is 0 Å². The molecule has 0 aromatic heterocycles. The van der Waals surface area contributed by atoms with Gasteiger partial charge in [0.1, 0.15) is 9.84 Å². The minimum atomic E-state index is -3.44. The molecular weight excluding hydrogens is 242 g/mol. The number of nitrogens with zero attached hydrogens (tertiary/aromatic N) is 1. The molecule has 0 aromatic carbocycles. The van der Waals surface area contributed by atoms with Crippen LogP contribution in [-0.4, -0.2) is 65.2 Å². The molecule has 90 valence electrons. The number of hydrogen-bond acceptors (Lipinski definition) is 5. The van der Waals surface area contributed by atoms with Crippen molar-refractivity contribution in [3.05, 3.63) is 0 Å². The molecule has 0 aliphatic carbocycles. The number of sulfone groups is 1.